The van der Waals surface area contributed by atoms with Crippen molar-refractivity contribution in [3.05, 3.63) is 69.6 Å². The molecule has 1 aromatic heterocycles. The molecule has 2 aromatic carbocycles. The summed E-state index contributed by atoms with van der Waals surface area (Å²) < 4.78 is 5.64. The van der Waals surface area contributed by atoms with Crippen LogP contribution in [0.4, 0.5) is 11.4 Å². The smallest absolute Gasteiger partial charge is 0.275 e. The summed E-state index contributed by atoms with van der Waals surface area (Å²) in [5.74, 6) is 0.791. The molecule has 0 aliphatic rings. The Bertz CT molecular complexity index is 1030. The second kappa shape index (κ2) is 7.94. The predicted octanol–water partition coefficient (Wildman–Crippen LogP) is 3.53. The van der Waals surface area contributed by atoms with Crippen LogP contribution in [0.2, 0.25) is 5.02 Å². The molecule has 0 amide bonds. The summed E-state index contributed by atoms with van der Waals surface area (Å²) in [5, 5.41) is 36.7. The summed E-state index contributed by atoms with van der Waals surface area (Å²) in [4.78, 5) is 10.6. The number of nitrogens with one attached hydrogen (secondary N) is 2. The van der Waals surface area contributed by atoms with Gasteiger partial charge in [0, 0.05) is 29.0 Å². The summed E-state index contributed by atoms with van der Waals surface area (Å²) in [6, 6.07) is 12.6. The molecule has 1 heterocycles. The number of hydrogen-bond donors (Lipinski definition) is 2. The van der Waals surface area contributed by atoms with Gasteiger partial charge in [0.2, 0.25) is 5.82 Å². The summed E-state index contributed by atoms with van der Waals surface area (Å²) in [7, 11) is 0. The molecule has 0 atom stereocenters. The first-order valence-corrected chi connectivity index (χ1v) is 7.76. The SMILES string of the molecule is N#CC(=CNc1cc(Oc2ccc(Cl)cc2)cc([N+](=O)[O-])c1)c1nn[nH]n1. The molecular formula is C16H10ClN7O3. The first-order chi connectivity index (χ1) is 13.0. The number of non-ortho nitro benzene ring substituents is 1. The number of tetrazole rings is 1. The van der Waals surface area contributed by atoms with Crippen molar-refractivity contribution in [3.8, 4) is 17.6 Å². The maximum atomic E-state index is 11.2. The number of hydrogen-bond acceptors (Lipinski definition) is 8. The van der Waals surface area contributed by atoms with E-state index in [9.17, 15) is 10.1 Å². The van der Waals surface area contributed by atoms with E-state index in [-0.39, 0.29) is 22.8 Å². The lowest BCUT2D eigenvalue weighted by molar-refractivity contribution is -0.384. The van der Waals surface area contributed by atoms with Crippen LogP contribution < -0.4 is 10.1 Å². The van der Waals surface area contributed by atoms with Crippen molar-refractivity contribution in [1.29, 1.82) is 5.26 Å². The van der Waals surface area contributed by atoms with Crippen molar-refractivity contribution in [1.82, 2.24) is 20.6 Å². The number of rotatable bonds is 6. The highest BCUT2D eigenvalue weighted by Gasteiger charge is 2.12. The number of aromatic amines is 1. The Kier molecular flexibility index (Phi) is 5.25. The zero-order valence-electron chi connectivity index (χ0n) is 13.5. The molecule has 0 spiro atoms. The Morgan fingerprint density at radius 2 is 2.07 bits per heavy atom. The third kappa shape index (κ3) is 4.56. The predicted molar refractivity (Wildman–Crippen MR) is 96.0 cm³/mol. The number of nitro benzene ring substituents is 1. The van der Waals surface area contributed by atoms with Gasteiger partial charge in [-0.25, -0.2) is 0 Å². The Hall–Kier alpha value is -3.97. The van der Waals surface area contributed by atoms with Crippen LogP contribution in [0.3, 0.4) is 0 Å². The molecule has 3 aromatic rings. The third-order valence-electron chi connectivity index (χ3n) is 3.24. The van der Waals surface area contributed by atoms with Crippen LogP contribution in [-0.4, -0.2) is 25.5 Å². The fraction of sp³-hybridized carbons (Fsp3) is 0. The van der Waals surface area contributed by atoms with Crippen LogP contribution in [0, 0.1) is 21.4 Å². The van der Waals surface area contributed by atoms with Gasteiger partial charge in [-0.2, -0.15) is 10.5 Å². The summed E-state index contributed by atoms with van der Waals surface area (Å²) in [5.41, 5.74) is 0.246. The van der Waals surface area contributed by atoms with Gasteiger partial charge in [0.15, 0.2) is 0 Å². The van der Waals surface area contributed by atoms with E-state index in [1.54, 1.807) is 30.3 Å². The van der Waals surface area contributed by atoms with Crippen molar-refractivity contribution in [2.75, 3.05) is 5.32 Å². The number of benzene rings is 2. The van der Waals surface area contributed by atoms with Crippen molar-refractivity contribution in [2.24, 2.45) is 0 Å². The summed E-state index contributed by atoms with van der Waals surface area (Å²) in [6.45, 7) is 0. The molecule has 0 fully saturated rings. The standard InChI is InChI=1S/C16H10ClN7O3/c17-11-1-3-14(4-2-11)27-15-6-12(5-13(7-15)24(25)26)19-9-10(8-18)16-20-22-23-21-16/h1-7,9,19H,(H,20,21,22,23). The molecule has 11 heteroatoms. The average Bonchev–Trinajstić information content (AvgIpc) is 3.18. The van der Waals surface area contributed by atoms with Gasteiger partial charge in [-0.15, -0.1) is 10.2 Å². The van der Waals surface area contributed by atoms with Crippen LogP contribution in [-0.2, 0) is 0 Å². The van der Waals surface area contributed by atoms with Gasteiger partial charge in [0.05, 0.1) is 11.0 Å². The van der Waals surface area contributed by atoms with Crippen LogP contribution in [0.1, 0.15) is 5.82 Å². The molecule has 10 nitrogen and oxygen atoms in total. The quantitative estimate of drug-likeness (QED) is 0.373. The largest absolute Gasteiger partial charge is 0.457 e. The molecule has 0 aliphatic carbocycles. The second-order valence-corrected chi connectivity index (χ2v) is 5.51. The van der Waals surface area contributed by atoms with E-state index in [2.05, 4.69) is 25.9 Å². The number of nitrogens with zero attached hydrogens (tertiary/aromatic N) is 5. The number of aromatic nitrogens is 4. The molecular weight excluding hydrogens is 374 g/mol. The highest BCUT2D eigenvalue weighted by molar-refractivity contribution is 6.30. The third-order valence-corrected chi connectivity index (χ3v) is 3.49. The Balaban J connectivity index is 1.88. The van der Waals surface area contributed by atoms with Gasteiger partial charge in [-0.3, -0.25) is 10.1 Å². The van der Waals surface area contributed by atoms with E-state index in [0.29, 0.717) is 16.5 Å². The number of nitriles is 1. The maximum absolute atomic E-state index is 11.2. The van der Waals surface area contributed by atoms with Crippen LogP contribution in [0.25, 0.3) is 5.57 Å². The monoisotopic (exact) mass is 383 g/mol. The van der Waals surface area contributed by atoms with E-state index in [4.69, 9.17) is 21.6 Å². The highest BCUT2D eigenvalue weighted by atomic mass is 35.5. The Morgan fingerprint density at radius 1 is 1.30 bits per heavy atom. The van der Waals surface area contributed by atoms with Crippen molar-refractivity contribution in [2.45, 2.75) is 0 Å². The number of ether oxygens (including phenoxy) is 1. The van der Waals surface area contributed by atoms with Crippen molar-refractivity contribution < 1.29 is 9.66 Å². The molecule has 27 heavy (non-hydrogen) atoms. The summed E-state index contributed by atoms with van der Waals surface area (Å²) >= 11 is 5.83. The zero-order chi connectivity index (χ0) is 19.2. The van der Waals surface area contributed by atoms with Crippen LogP contribution in [0.15, 0.2) is 48.7 Å². The minimum absolute atomic E-state index is 0.0908. The van der Waals surface area contributed by atoms with E-state index < -0.39 is 4.92 Å². The summed E-state index contributed by atoms with van der Waals surface area (Å²) in [6.07, 6.45) is 1.32. The average molecular weight is 384 g/mol. The number of allylic oxidation sites excluding steroid dienone is 1. The van der Waals surface area contributed by atoms with Gasteiger partial charge < -0.3 is 10.1 Å². The number of nitro groups is 1. The zero-order valence-corrected chi connectivity index (χ0v) is 14.2. The van der Waals surface area contributed by atoms with Gasteiger partial charge in [0.1, 0.15) is 23.1 Å². The van der Waals surface area contributed by atoms with Crippen LogP contribution >= 0.6 is 11.6 Å². The number of H-pyrrole nitrogens is 1. The molecule has 2 N–H and O–H groups in total. The Morgan fingerprint density at radius 3 is 2.70 bits per heavy atom. The van der Waals surface area contributed by atoms with Gasteiger partial charge >= 0.3 is 0 Å². The maximum Gasteiger partial charge on any atom is 0.275 e. The van der Waals surface area contributed by atoms with Crippen molar-refractivity contribution >= 4 is 28.5 Å². The fourth-order valence-electron chi connectivity index (χ4n) is 2.05. The lowest BCUT2D eigenvalue weighted by atomic mass is 10.2. The highest BCUT2D eigenvalue weighted by Crippen LogP contribution is 2.30. The van der Waals surface area contributed by atoms with Crippen molar-refractivity contribution in [3.63, 3.8) is 0 Å². The molecule has 0 unspecified atom stereocenters. The number of anilines is 1. The molecule has 0 aliphatic heterocycles. The second-order valence-electron chi connectivity index (χ2n) is 5.08. The molecule has 0 bridgehead atoms. The molecule has 0 radical (unpaired) electrons. The first kappa shape index (κ1) is 17.8. The van der Waals surface area contributed by atoms with Crippen LogP contribution in [0.5, 0.6) is 11.5 Å². The molecule has 3 rings (SSSR count). The minimum Gasteiger partial charge on any atom is -0.457 e. The van der Waals surface area contributed by atoms with Gasteiger partial charge in [-0.1, -0.05) is 11.6 Å². The molecule has 0 saturated heterocycles. The van der Waals surface area contributed by atoms with E-state index >= 15 is 0 Å². The van der Waals surface area contributed by atoms with Gasteiger partial charge in [-0.05, 0) is 29.5 Å². The first-order valence-electron chi connectivity index (χ1n) is 7.38. The normalized spacial score (nSPS) is 10.9. The Labute approximate surface area is 157 Å². The lowest BCUT2D eigenvalue weighted by Crippen LogP contribution is -1.96. The topological polar surface area (TPSA) is 143 Å². The van der Waals surface area contributed by atoms with E-state index in [1.807, 2.05) is 6.07 Å². The van der Waals surface area contributed by atoms with E-state index in [0.717, 1.165) is 0 Å². The molecule has 0 saturated carbocycles. The van der Waals surface area contributed by atoms with Gasteiger partial charge in [0.25, 0.3) is 5.69 Å². The van der Waals surface area contributed by atoms with E-state index in [1.165, 1.54) is 18.3 Å². The fourth-order valence-corrected chi connectivity index (χ4v) is 2.17. The lowest BCUT2D eigenvalue weighted by Gasteiger charge is -2.08. The number of halogens is 1. The minimum atomic E-state index is -0.548. The molecule has 134 valence electrons.